The lowest BCUT2D eigenvalue weighted by Gasteiger charge is -2.13. The molecule has 0 saturated carbocycles. The predicted octanol–water partition coefficient (Wildman–Crippen LogP) is 3.27. The zero-order valence-electron chi connectivity index (χ0n) is 15.9. The molecule has 29 heavy (non-hydrogen) atoms. The summed E-state index contributed by atoms with van der Waals surface area (Å²) in [5.74, 6) is 0.573. The molecule has 0 bridgehead atoms. The SMILES string of the molecule is CN(C)C(=O)c1cccc(Nc2nc3cnccc3c3nc4cnccn4c23)c1. The fraction of sp³-hybridized carbons (Fsp3) is 0.0952. The highest BCUT2D eigenvalue weighted by molar-refractivity contribution is 6.08. The van der Waals surface area contributed by atoms with E-state index in [2.05, 4.69) is 15.3 Å². The van der Waals surface area contributed by atoms with Crippen LogP contribution in [0.15, 0.2) is 61.3 Å². The Bertz CT molecular complexity index is 1390. The van der Waals surface area contributed by atoms with Crippen molar-refractivity contribution in [3.05, 3.63) is 66.9 Å². The molecule has 0 aliphatic rings. The van der Waals surface area contributed by atoms with Gasteiger partial charge in [-0.2, -0.15) is 0 Å². The molecule has 1 aromatic carbocycles. The molecule has 4 aromatic heterocycles. The van der Waals surface area contributed by atoms with Crippen LogP contribution in [-0.2, 0) is 0 Å². The van der Waals surface area contributed by atoms with Crippen molar-refractivity contribution in [1.82, 2.24) is 29.2 Å². The molecular weight excluding hydrogens is 366 g/mol. The van der Waals surface area contributed by atoms with Crippen molar-refractivity contribution < 1.29 is 4.79 Å². The van der Waals surface area contributed by atoms with Gasteiger partial charge in [0, 0.05) is 49.3 Å². The molecule has 0 saturated heterocycles. The minimum absolute atomic E-state index is 0.0599. The van der Waals surface area contributed by atoms with Gasteiger partial charge in [0.15, 0.2) is 11.5 Å². The molecular formula is C21H17N7O. The number of amides is 1. The van der Waals surface area contributed by atoms with E-state index in [9.17, 15) is 4.79 Å². The van der Waals surface area contributed by atoms with Crippen molar-refractivity contribution in [1.29, 1.82) is 0 Å². The summed E-state index contributed by atoms with van der Waals surface area (Å²) in [6, 6.07) is 9.26. The zero-order chi connectivity index (χ0) is 20.0. The van der Waals surface area contributed by atoms with Crippen LogP contribution in [0, 0.1) is 0 Å². The quantitative estimate of drug-likeness (QED) is 0.514. The van der Waals surface area contributed by atoms with E-state index in [0.717, 1.165) is 33.3 Å². The Kier molecular flexibility index (Phi) is 3.83. The minimum Gasteiger partial charge on any atom is -0.345 e. The minimum atomic E-state index is -0.0599. The molecule has 0 unspecified atom stereocenters. The van der Waals surface area contributed by atoms with Gasteiger partial charge in [0.05, 0.1) is 17.9 Å². The van der Waals surface area contributed by atoms with Crippen LogP contribution in [0.4, 0.5) is 11.5 Å². The highest BCUT2D eigenvalue weighted by Crippen LogP contribution is 2.31. The van der Waals surface area contributed by atoms with Crippen molar-refractivity contribution in [3.8, 4) is 0 Å². The summed E-state index contributed by atoms with van der Waals surface area (Å²) in [6.45, 7) is 0. The van der Waals surface area contributed by atoms with Gasteiger partial charge >= 0.3 is 0 Å². The lowest BCUT2D eigenvalue weighted by atomic mass is 10.1. The Morgan fingerprint density at radius 2 is 1.93 bits per heavy atom. The molecule has 8 nitrogen and oxygen atoms in total. The Balaban J connectivity index is 1.72. The fourth-order valence-corrected chi connectivity index (χ4v) is 3.38. The average molecular weight is 383 g/mol. The first-order chi connectivity index (χ1) is 14.1. The van der Waals surface area contributed by atoms with E-state index in [1.54, 1.807) is 49.8 Å². The van der Waals surface area contributed by atoms with E-state index in [1.165, 1.54) is 0 Å². The Labute approximate surface area is 165 Å². The van der Waals surface area contributed by atoms with Gasteiger partial charge in [-0.1, -0.05) is 6.07 Å². The molecule has 8 heteroatoms. The molecule has 0 spiro atoms. The number of hydrogen-bond acceptors (Lipinski definition) is 6. The van der Waals surface area contributed by atoms with Gasteiger partial charge in [0.1, 0.15) is 11.0 Å². The molecule has 0 atom stereocenters. The molecule has 0 fully saturated rings. The third-order valence-corrected chi connectivity index (χ3v) is 4.72. The Morgan fingerprint density at radius 1 is 1.07 bits per heavy atom. The number of aromatic nitrogens is 5. The van der Waals surface area contributed by atoms with E-state index in [0.29, 0.717) is 11.4 Å². The summed E-state index contributed by atoms with van der Waals surface area (Å²) < 4.78 is 1.95. The number of carbonyl (C=O) groups is 1. The van der Waals surface area contributed by atoms with Gasteiger partial charge in [0.2, 0.25) is 0 Å². The van der Waals surface area contributed by atoms with E-state index < -0.39 is 0 Å². The number of pyridine rings is 2. The fourth-order valence-electron chi connectivity index (χ4n) is 3.38. The second-order valence-electron chi connectivity index (χ2n) is 6.87. The third kappa shape index (κ3) is 2.82. The number of rotatable bonds is 3. The highest BCUT2D eigenvalue weighted by Gasteiger charge is 2.16. The second-order valence-corrected chi connectivity index (χ2v) is 6.87. The van der Waals surface area contributed by atoms with Crippen LogP contribution in [0.3, 0.4) is 0 Å². The molecule has 5 aromatic rings. The molecule has 1 N–H and O–H groups in total. The maximum atomic E-state index is 12.3. The number of carbonyl (C=O) groups excluding carboxylic acids is 1. The van der Waals surface area contributed by atoms with Crippen LogP contribution >= 0.6 is 0 Å². The Hall–Kier alpha value is -4.07. The number of fused-ring (bicyclic) bond motifs is 5. The van der Waals surface area contributed by atoms with Crippen LogP contribution < -0.4 is 5.32 Å². The van der Waals surface area contributed by atoms with E-state index in [4.69, 9.17) is 9.97 Å². The normalized spacial score (nSPS) is 11.2. The lowest BCUT2D eigenvalue weighted by molar-refractivity contribution is 0.0827. The molecule has 0 radical (unpaired) electrons. The molecule has 142 valence electrons. The van der Waals surface area contributed by atoms with Crippen LogP contribution in [0.25, 0.3) is 27.6 Å². The standard InChI is InChI=1S/C21H17N7O/c1-27(2)21(29)13-4-3-5-14(10-13)24-20-19-18(15-6-7-22-11-16(15)25-20)26-17-12-23-8-9-28(17)19/h3-12H,1-2H3,(H,24,25). The molecule has 0 aliphatic heterocycles. The summed E-state index contributed by atoms with van der Waals surface area (Å²) in [6.07, 6.45) is 8.73. The van der Waals surface area contributed by atoms with E-state index in [1.807, 2.05) is 34.9 Å². The monoisotopic (exact) mass is 383 g/mol. The summed E-state index contributed by atoms with van der Waals surface area (Å²) in [4.78, 5) is 31.8. The van der Waals surface area contributed by atoms with E-state index in [-0.39, 0.29) is 5.91 Å². The average Bonchev–Trinajstić information content (AvgIpc) is 3.13. The van der Waals surface area contributed by atoms with Crippen molar-refractivity contribution in [2.75, 3.05) is 19.4 Å². The maximum absolute atomic E-state index is 12.3. The predicted molar refractivity (Wildman–Crippen MR) is 111 cm³/mol. The van der Waals surface area contributed by atoms with Gasteiger partial charge in [-0.15, -0.1) is 0 Å². The van der Waals surface area contributed by atoms with Gasteiger partial charge < -0.3 is 10.2 Å². The van der Waals surface area contributed by atoms with Crippen LogP contribution in [0.1, 0.15) is 10.4 Å². The van der Waals surface area contributed by atoms with Gasteiger partial charge in [-0.3, -0.25) is 19.2 Å². The summed E-state index contributed by atoms with van der Waals surface area (Å²) in [5.41, 5.74) is 4.48. The smallest absolute Gasteiger partial charge is 0.253 e. The number of hydrogen-bond donors (Lipinski definition) is 1. The number of benzene rings is 1. The third-order valence-electron chi connectivity index (χ3n) is 4.72. The highest BCUT2D eigenvalue weighted by atomic mass is 16.2. The largest absolute Gasteiger partial charge is 0.345 e. The Morgan fingerprint density at radius 3 is 2.79 bits per heavy atom. The summed E-state index contributed by atoms with van der Waals surface area (Å²) in [5, 5.41) is 4.28. The van der Waals surface area contributed by atoms with E-state index >= 15 is 0 Å². The number of anilines is 2. The molecule has 1 amide bonds. The lowest BCUT2D eigenvalue weighted by Crippen LogP contribution is -2.21. The van der Waals surface area contributed by atoms with Gasteiger partial charge in [0.25, 0.3) is 5.91 Å². The molecule has 0 aliphatic carbocycles. The van der Waals surface area contributed by atoms with Crippen LogP contribution in [-0.4, -0.2) is 49.2 Å². The van der Waals surface area contributed by atoms with Crippen molar-refractivity contribution in [2.24, 2.45) is 0 Å². The van der Waals surface area contributed by atoms with Crippen molar-refractivity contribution >= 4 is 45.0 Å². The van der Waals surface area contributed by atoms with Crippen LogP contribution in [0.2, 0.25) is 0 Å². The zero-order valence-corrected chi connectivity index (χ0v) is 15.9. The van der Waals surface area contributed by atoms with Crippen molar-refractivity contribution in [3.63, 3.8) is 0 Å². The topological polar surface area (TPSA) is 88.3 Å². The summed E-state index contributed by atoms with van der Waals surface area (Å²) in [7, 11) is 3.46. The van der Waals surface area contributed by atoms with Gasteiger partial charge in [-0.25, -0.2) is 9.97 Å². The van der Waals surface area contributed by atoms with Gasteiger partial charge in [-0.05, 0) is 24.3 Å². The van der Waals surface area contributed by atoms with Crippen molar-refractivity contribution in [2.45, 2.75) is 0 Å². The number of imidazole rings is 1. The number of nitrogens with zero attached hydrogens (tertiary/aromatic N) is 6. The first-order valence-corrected chi connectivity index (χ1v) is 9.06. The molecule has 4 heterocycles. The number of nitrogens with one attached hydrogen (secondary N) is 1. The maximum Gasteiger partial charge on any atom is 0.253 e. The summed E-state index contributed by atoms with van der Waals surface area (Å²) >= 11 is 0. The first kappa shape index (κ1) is 17.1. The second kappa shape index (κ2) is 6.52. The first-order valence-electron chi connectivity index (χ1n) is 9.06. The molecule has 5 rings (SSSR count). The van der Waals surface area contributed by atoms with Crippen LogP contribution in [0.5, 0.6) is 0 Å².